The van der Waals surface area contributed by atoms with Crippen LogP contribution in [-0.2, 0) is 0 Å². The summed E-state index contributed by atoms with van der Waals surface area (Å²) in [5.41, 5.74) is 7.92. The fourth-order valence-electron chi connectivity index (χ4n) is 2.43. The zero-order valence-electron chi connectivity index (χ0n) is 13.0. The van der Waals surface area contributed by atoms with Gasteiger partial charge in [-0.3, -0.25) is 0 Å². The number of nitrogens with two attached hydrogens (primary N) is 1. The van der Waals surface area contributed by atoms with E-state index >= 15 is 0 Å². The molecule has 1 aromatic heterocycles. The van der Waals surface area contributed by atoms with Gasteiger partial charge in [0.25, 0.3) is 0 Å². The van der Waals surface area contributed by atoms with Crippen LogP contribution < -0.4 is 15.2 Å². The maximum absolute atomic E-state index is 6.10. The first-order valence-electron chi connectivity index (χ1n) is 7.09. The van der Waals surface area contributed by atoms with Crippen molar-refractivity contribution in [3.63, 3.8) is 0 Å². The summed E-state index contributed by atoms with van der Waals surface area (Å²) in [6.45, 7) is 4.35. The summed E-state index contributed by atoms with van der Waals surface area (Å²) >= 11 is 1.94. The number of methoxy groups -OCH3 is 2. The quantitative estimate of drug-likeness (QED) is 0.795. The highest BCUT2D eigenvalue weighted by Crippen LogP contribution is 2.34. The van der Waals surface area contributed by atoms with Crippen molar-refractivity contribution in [1.29, 1.82) is 0 Å². The second-order valence-corrected chi connectivity index (χ2v) is 6.26. The van der Waals surface area contributed by atoms with Gasteiger partial charge in [-0.15, -0.1) is 0 Å². The molecule has 2 aromatic rings. The lowest BCUT2D eigenvalue weighted by Gasteiger charge is -2.16. The number of nitrogens with zero attached hydrogens (tertiary/aromatic N) is 2. The molecule has 2 N–H and O–H groups in total. The molecule has 0 bridgehead atoms. The van der Waals surface area contributed by atoms with Crippen LogP contribution in [0.3, 0.4) is 0 Å². The van der Waals surface area contributed by atoms with Crippen LogP contribution in [0.4, 0.5) is 5.95 Å². The molecule has 1 atom stereocenters. The van der Waals surface area contributed by atoms with E-state index in [-0.39, 0.29) is 0 Å². The number of benzene rings is 1. The second-order valence-electron chi connectivity index (χ2n) is 4.87. The van der Waals surface area contributed by atoms with E-state index in [2.05, 4.69) is 23.4 Å². The van der Waals surface area contributed by atoms with E-state index in [1.54, 1.807) is 14.2 Å². The van der Waals surface area contributed by atoms with Crippen LogP contribution in [0.15, 0.2) is 12.1 Å². The van der Waals surface area contributed by atoms with E-state index < -0.39 is 0 Å². The molecule has 0 aliphatic rings. The fourth-order valence-corrected chi connectivity index (χ4v) is 3.23. The molecule has 5 nitrogen and oxygen atoms in total. The molecule has 0 aliphatic carbocycles. The number of fused-ring (bicyclic) bond motifs is 1. The monoisotopic (exact) mass is 309 g/mol. The predicted molar refractivity (Wildman–Crippen MR) is 89.6 cm³/mol. The molecule has 116 valence electrons. The van der Waals surface area contributed by atoms with Gasteiger partial charge in [0.2, 0.25) is 5.95 Å². The molecular weight excluding hydrogens is 286 g/mol. The molecule has 1 heterocycles. The smallest absolute Gasteiger partial charge is 0.201 e. The lowest BCUT2D eigenvalue weighted by molar-refractivity contribution is 0.355. The Labute approximate surface area is 129 Å². The highest BCUT2D eigenvalue weighted by molar-refractivity contribution is 7.99. The summed E-state index contributed by atoms with van der Waals surface area (Å²) < 4.78 is 12.8. The Kier molecular flexibility index (Phi) is 5.22. The van der Waals surface area contributed by atoms with Gasteiger partial charge in [0.15, 0.2) is 11.5 Å². The minimum Gasteiger partial charge on any atom is -0.493 e. The Morgan fingerprint density at radius 1 is 1.29 bits per heavy atom. The van der Waals surface area contributed by atoms with Crippen molar-refractivity contribution in [2.24, 2.45) is 0 Å². The summed E-state index contributed by atoms with van der Waals surface area (Å²) in [7, 11) is 3.25. The van der Waals surface area contributed by atoms with Crippen molar-refractivity contribution >= 4 is 28.7 Å². The Balaban J connectivity index is 2.41. The zero-order valence-corrected chi connectivity index (χ0v) is 13.9. The van der Waals surface area contributed by atoms with Crippen LogP contribution in [-0.4, -0.2) is 35.3 Å². The third-order valence-corrected chi connectivity index (χ3v) is 4.48. The predicted octanol–water partition coefficient (Wildman–Crippen LogP) is 3.34. The SMILES string of the molecule is CCSCCC(C)n1c(N)nc2cc(OC)c(OC)cc21. The average molecular weight is 309 g/mol. The van der Waals surface area contributed by atoms with Crippen LogP contribution in [0, 0.1) is 0 Å². The van der Waals surface area contributed by atoms with Crippen molar-refractivity contribution in [2.75, 3.05) is 31.5 Å². The van der Waals surface area contributed by atoms with E-state index in [0.29, 0.717) is 23.5 Å². The molecule has 0 radical (unpaired) electrons. The van der Waals surface area contributed by atoms with E-state index in [1.165, 1.54) is 0 Å². The minimum atomic E-state index is 0.298. The van der Waals surface area contributed by atoms with Gasteiger partial charge in [0.05, 0.1) is 25.3 Å². The molecule has 1 unspecified atom stereocenters. The molecule has 1 aromatic carbocycles. The standard InChI is InChI=1S/C15H23N3O2S/c1-5-21-7-6-10(2)18-12-9-14(20-4)13(19-3)8-11(12)17-15(18)16/h8-10H,5-7H2,1-4H3,(H2,16,17). The molecule has 6 heteroatoms. The average Bonchev–Trinajstić information content (AvgIpc) is 2.80. The molecule has 0 aliphatic heterocycles. The summed E-state index contributed by atoms with van der Waals surface area (Å²) in [6.07, 6.45) is 1.06. The number of aromatic nitrogens is 2. The maximum Gasteiger partial charge on any atom is 0.201 e. The molecule has 0 amide bonds. The molecule has 0 spiro atoms. The van der Waals surface area contributed by atoms with Gasteiger partial charge in [-0.2, -0.15) is 11.8 Å². The number of nitrogen functional groups attached to an aromatic ring is 1. The van der Waals surface area contributed by atoms with Crippen molar-refractivity contribution in [1.82, 2.24) is 9.55 Å². The normalized spacial score (nSPS) is 12.6. The number of ether oxygens (including phenoxy) is 2. The first-order chi connectivity index (χ1) is 10.1. The number of rotatable bonds is 7. The van der Waals surface area contributed by atoms with Crippen molar-refractivity contribution in [3.05, 3.63) is 12.1 Å². The first-order valence-corrected chi connectivity index (χ1v) is 8.25. The van der Waals surface area contributed by atoms with E-state index in [1.807, 2.05) is 23.9 Å². The number of hydrogen-bond acceptors (Lipinski definition) is 5. The molecule has 2 rings (SSSR count). The number of imidazole rings is 1. The van der Waals surface area contributed by atoms with Gasteiger partial charge in [-0.05, 0) is 24.9 Å². The summed E-state index contributed by atoms with van der Waals surface area (Å²) in [5.74, 6) is 4.15. The summed E-state index contributed by atoms with van der Waals surface area (Å²) in [4.78, 5) is 4.44. The summed E-state index contributed by atoms with van der Waals surface area (Å²) in [6, 6.07) is 4.11. The van der Waals surface area contributed by atoms with Gasteiger partial charge < -0.3 is 19.8 Å². The zero-order chi connectivity index (χ0) is 15.4. The molecular formula is C15H23N3O2S. The third-order valence-electron chi connectivity index (χ3n) is 3.55. The van der Waals surface area contributed by atoms with Crippen molar-refractivity contribution < 1.29 is 9.47 Å². The molecule has 0 saturated carbocycles. The Hall–Kier alpha value is -1.56. The van der Waals surface area contributed by atoms with Gasteiger partial charge in [-0.25, -0.2) is 4.98 Å². The van der Waals surface area contributed by atoms with Gasteiger partial charge in [0, 0.05) is 18.2 Å². The molecule has 0 fully saturated rings. The maximum atomic E-state index is 6.10. The largest absolute Gasteiger partial charge is 0.493 e. The molecule has 21 heavy (non-hydrogen) atoms. The number of anilines is 1. The van der Waals surface area contributed by atoms with Crippen molar-refractivity contribution in [3.8, 4) is 11.5 Å². The summed E-state index contributed by atoms with van der Waals surface area (Å²) in [5, 5.41) is 0. The van der Waals surface area contributed by atoms with Crippen LogP contribution >= 0.6 is 11.8 Å². The van der Waals surface area contributed by atoms with Gasteiger partial charge in [0.1, 0.15) is 0 Å². The highest BCUT2D eigenvalue weighted by atomic mass is 32.2. The number of thioether (sulfide) groups is 1. The van der Waals surface area contributed by atoms with Crippen LogP contribution in [0.25, 0.3) is 11.0 Å². The lowest BCUT2D eigenvalue weighted by Crippen LogP contribution is -2.09. The molecule has 0 saturated heterocycles. The minimum absolute atomic E-state index is 0.298. The van der Waals surface area contributed by atoms with E-state index in [0.717, 1.165) is 29.0 Å². The van der Waals surface area contributed by atoms with Crippen molar-refractivity contribution in [2.45, 2.75) is 26.3 Å². The number of hydrogen-bond donors (Lipinski definition) is 1. The van der Waals surface area contributed by atoms with Crippen LogP contribution in [0.2, 0.25) is 0 Å². The van der Waals surface area contributed by atoms with Gasteiger partial charge >= 0.3 is 0 Å². The third kappa shape index (κ3) is 3.20. The van der Waals surface area contributed by atoms with E-state index in [9.17, 15) is 0 Å². The Morgan fingerprint density at radius 3 is 2.57 bits per heavy atom. The first kappa shape index (κ1) is 15.8. The Bertz CT molecular complexity index is 612. The van der Waals surface area contributed by atoms with E-state index in [4.69, 9.17) is 15.2 Å². The highest BCUT2D eigenvalue weighted by Gasteiger charge is 2.17. The lowest BCUT2D eigenvalue weighted by atomic mass is 10.2. The van der Waals surface area contributed by atoms with Gasteiger partial charge in [-0.1, -0.05) is 6.92 Å². The topological polar surface area (TPSA) is 62.3 Å². The van der Waals surface area contributed by atoms with Crippen LogP contribution in [0.1, 0.15) is 26.3 Å². The fraction of sp³-hybridized carbons (Fsp3) is 0.533. The Morgan fingerprint density at radius 2 is 1.95 bits per heavy atom. The second kappa shape index (κ2) is 6.93. The van der Waals surface area contributed by atoms with Crippen LogP contribution in [0.5, 0.6) is 11.5 Å².